The normalized spacial score (nSPS) is 23.4. The number of amides is 4. The molecule has 0 saturated carbocycles. The molecule has 0 radical (unpaired) electrons. The second-order valence-corrected chi connectivity index (χ2v) is 9.02. The van der Waals surface area contributed by atoms with Crippen LogP contribution in [0.5, 0.6) is 0 Å². The van der Waals surface area contributed by atoms with Gasteiger partial charge in [-0.15, -0.1) is 11.3 Å². The number of imide groups is 1. The smallest absolute Gasteiger partial charge is 0.325 e. The van der Waals surface area contributed by atoms with Crippen molar-refractivity contribution in [2.24, 2.45) is 0 Å². The number of aryl methyl sites for hydroxylation is 1. The Balaban J connectivity index is 1.29. The van der Waals surface area contributed by atoms with E-state index in [1.165, 1.54) is 11.1 Å². The van der Waals surface area contributed by atoms with Crippen molar-refractivity contribution in [1.82, 2.24) is 15.1 Å². The summed E-state index contributed by atoms with van der Waals surface area (Å²) in [6.45, 7) is 0.871. The maximum Gasteiger partial charge on any atom is 0.325 e. The van der Waals surface area contributed by atoms with E-state index in [1.807, 2.05) is 29.6 Å². The van der Waals surface area contributed by atoms with Gasteiger partial charge in [0.15, 0.2) is 0 Å². The minimum Gasteiger partial charge on any atom is -0.337 e. The van der Waals surface area contributed by atoms with Crippen molar-refractivity contribution < 1.29 is 14.4 Å². The van der Waals surface area contributed by atoms with Crippen LogP contribution in [0.1, 0.15) is 35.3 Å². The lowest BCUT2D eigenvalue weighted by Crippen LogP contribution is -2.47. The summed E-state index contributed by atoms with van der Waals surface area (Å²) in [5, 5.41) is 4.88. The van der Waals surface area contributed by atoms with E-state index in [4.69, 9.17) is 0 Å². The molecule has 4 amide bonds. The highest BCUT2D eigenvalue weighted by molar-refractivity contribution is 7.10. The van der Waals surface area contributed by atoms with Gasteiger partial charge in [-0.3, -0.25) is 14.5 Å². The SMILES string of the molecule is O=C(CN1C(=O)N[C@@]2(CCCc3sccc32)C1=O)N1CC=C(c2ccccc2)CC1. The van der Waals surface area contributed by atoms with Gasteiger partial charge in [-0.2, -0.15) is 0 Å². The highest BCUT2D eigenvalue weighted by Crippen LogP contribution is 2.42. The Bertz CT molecular complexity index is 1040. The average Bonchev–Trinajstić information content (AvgIpc) is 3.35. The molecular weight excluding hydrogens is 398 g/mol. The Morgan fingerprint density at radius 3 is 2.73 bits per heavy atom. The molecule has 3 aliphatic rings. The highest BCUT2D eigenvalue weighted by atomic mass is 32.1. The minimum absolute atomic E-state index is 0.194. The molecular formula is C23H23N3O3S. The van der Waals surface area contributed by atoms with E-state index in [2.05, 4.69) is 23.5 Å². The van der Waals surface area contributed by atoms with Gasteiger partial charge in [-0.05, 0) is 48.3 Å². The van der Waals surface area contributed by atoms with Crippen LogP contribution in [0.25, 0.3) is 5.57 Å². The number of hydrogen-bond acceptors (Lipinski definition) is 4. The number of fused-ring (bicyclic) bond motifs is 2. The van der Waals surface area contributed by atoms with Gasteiger partial charge in [0.1, 0.15) is 12.1 Å². The number of thiophene rings is 1. The Kier molecular flexibility index (Phi) is 4.70. The van der Waals surface area contributed by atoms with E-state index in [-0.39, 0.29) is 18.4 Å². The van der Waals surface area contributed by atoms with Gasteiger partial charge in [0.05, 0.1) is 0 Å². The molecule has 2 aromatic rings. The standard InChI is InChI=1S/C23H23N3O3S/c27-20(25-12-8-17(9-13-25)16-5-2-1-3-6-16)15-26-21(28)23(24-22(26)29)11-4-7-19-18(23)10-14-30-19/h1-3,5-6,8,10,14H,4,7,9,11-13,15H2,(H,24,29)/t23-/m1/s1. The maximum atomic E-state index is 13.3. The second-order valence-electron chi connectivity index (χ2n) is 8.02. The number of rotatable bonds is 3. The fraction of sp³-hybridized carbons (Fsp3) is 0.348. The number of carbonyl (C=O) groups excluding carboxylic acids is 3. The molecule has 6 nitrogen and oxygen atoms in total. The monoisotopic (exact) mass is 421 g/mol. The fourth-order valence-corrected chi connectivity index (χ4v) is 5.73. The summed E-state index contributed by atoms with van der Waals surface area (Å²) < 4.78 is 0. The van der Waals surface area contributed by atoms with E-state index >= 15 is 0 Å². The first-order chi connectivity index (χ1) is 14.6. The number of urea groups is 1. The average molecular weight is 422 g/mol. The first kappa shape index (κ1) is 19.1. The van der Waals surface area contributed by atoms with Gasteiger partial charge in [0, 0.05) is 23.5 Å². The van der Waals surface area contributed by atoms with Crippen LogP contribution in [0.4, 0.5) is 4.79 Å². The van der Waals surface area contributed by atoms with E-state index in [0.29, 0.717) is 19.5 Å². The quantitative estimate of drug-likeness (QED) is 0.774. The van der Waals surface area contributed by atoms with Crippen molar-refractivity contribution in [3.05, 3.63) is 63.9 Å². The van der Waals surface area contributed by atoms with Crippen molar-refractivity contribution >= 4 is 34.8 Å². The number of benzene rings is 1. The molecule has 1 fully saturated rings. The number of hydrogen-bond donors (Lipinski definition) is 1. The number of carbonyl (C=O) groups is 3. The van der Waals surface area contributed by atoms with E-state index < -0.39 is 11.6 Å². The molecule has 5 rings (SSSR count). The summed E-state index contributed by atoms with van der Waals surface area (Å²) in [4.78, 5) is 42.8. The van der Waals surface area contributed by atoms with Crippen LogP contribution in [-0.2, 0) is 21.5 Å². The van der Waals surface area contributed by atoms with Crippen LogP contribution >= 0.6 is 11.3 Å². The lowest BCUT2D eigenvalue weighted by Gasteiger charge is -2.31. The summed E-state index contributed by atoms with van der Waals surface area (Å²) in [6, 6.07) is 11.6. The Morgan fingerprint density at radius 2 is 1.97 bits per heavy atom. The highest BCUT2D eigenvalue weighted by Gasteiger charge is 2.54. The van der Waals surface area contributed by atoms with Crippen molar-refractivity contribution in [3.63, 3.8) is 0 Å². The summed E-state index contributed by atoms with van der Waals surface area (Å²) in [5.74, 6) is -0.488. The Labute approximate surface area is 179 Å². The minimum atomic E-state index is -0.993. The molecule has 1 aromatic carbocycles. The van der Waals surface area contributed by atoms with Crippen LogP contribution in [-0.4, -0.2) is 47.3 Å². The molecule has 154 valence electrons. The second kappa shape index (κ2) is 7.40. The molecule has 0 unspecified atom stereocenters. The van der Waals surface area contributed by atoms with Crippen molar-refractivity contribution in [2.45, 2.75) is 31.2 Å². The molecule has 1 aliphatic carbocycles. The summed E-state index contributed by atoms with van der Waals surface area (Å²) in [7, 11) is 0. The molecule has 1 saturated heterocycles. The molecule has 0 bridgehead atoms. The maximum absolute atomic E-state index is 13.3. The lowest BCUT2D eigenvalue weighted by molar-refractivity contribution is -0.139. The lowest BCUT2D eigenvalue weighted by atomic mass is 9.80. The van der Waals surface area contributed by atoms with Gasteiger partial charge in [-0.25, -0.2) is 4.79 Å². The van der Waals surface area contributed by atoms with Gasteiger partial charge in [0.25, 0.3) is 5.91 Å². The molecule has 1 N–H and O–H groups in total. The first-order valence-corrected chi connectivity index (χ1v) is 11.2. The Hall–Kier alpha value is -2.93. The van der Waals surface area contributed by atoms with E-state index in [0.717, 1.165) is 34.6 Å². The van der Waals surface area contributed by atoms with Gasteiger partial charge < -0.3 is 10.2 Å². The van der Waals surface area contributed by atoms with Crippen LogP contribution in [0, 0.1) is 0 Å². The zero-order valence-corrected chi connectivity index (χ0v) is 17.4. The van der Waals surface area contributed by atoms with E-state index in [1.54, 1.807) is 16.2 Å². The van der Waals surface area contributed by atoms with E-state index in [9.17, 15) is 14.4 Å². The number of nitrogens with one attached hydrogen (secondary N) is 1. The first-order valence-electron chi connectivity index (χ1n) is 10.3. The molecule has 2 aliphatic heterocycles. The molecule has 3 heterocycles. The van der Waals surface area contributed by atoms with Crippen molar-refractivity contribution in [1.29, 1.82) is 0 Å². The topological polar surface area (TPSA) is 69.7 Å². The van der Waals surface area contributed by atoms with Crippen LogP contribution in [0.2, 0.25) is 0 Å². The summed E-state index contributed by atoms with van der Waals surface area (Å²) in [6.07, 6.45) is 5.18. The third-order valence-corrected chi connectivity index (χ3v) is 7.32. The third kappa shape index (κ3) is 3.04. The molecule has 30 heavy (non-hydrogen) atoms. The largest absolute Gasteiger partial charge is 0.337 e. The molecule has 1 atom stereocenters. The van der Waals surface area contributed by atoms with Gasteiger partial charge in [0.2, 0.25) is 5.91 Å². The predicted molar refractivity (Wildman–Crippen MR) is 115 cm³/mol. The van der Waals surface area contributed by atoms with Crippen LogP contribution in [0.15, 0.2) is 47.9 Å². The molecule has 1 aromatic heterocycles. The van der Waals surface area contributed by atoms with Gasteiger partial charge in [-0.1, -0.05) is 36.4 Å². The zero-order chi connectivity index (χ0) is 20.7. The fourth-order valence-electron chi connectivity index (χ4n) is 4.73. The van der Waals surface area contributed by atoms with Crippen molar-refractivity contribution in [2.75, 3.05) is 19.6 Å². The number of nitrogens with zero attached hydrogens (tertiary/aromatic N) is 2. The molecule has 1 spiro atoms. The van der Waals surface area contributed by atoms with Crippen LogP contribution < -0.4 is 5.32 Å². The summed E-state index contributed by atoms with van der Waals surface area (Å²) >= 11 is 1.62. The zero-order valence-electron chi connectivity index (χ0n) is 16.6. The third-order valence-electron chi connectivity index (χ3n) is 6.34. The molecule has 7 heteroatoms. The summed E-state index contributed by atoms with van der Waals surface area (Å²) in [5.41, 5.74) is 2.30. The van der Waals surface area contributed by atoms with Crippen LogP contribution in [0.3, 0.4) is 0 Å². The van der Waals surface area contributed by atoms with Gasteiger partial charge >= 0.3 is 6.03 Å². The predicted octanol–water partition coefficient (Wildman–Crippen LogP) is 3.15. The van der Waals surface area contributed by atoms with Crippen molar-refractivity contribution in [3.8, 4) is 0 Å². The Morgan fingerprint density at radius 1 is 1.13 bits per heavy atom.